The van der Waals surface area contributed by atoms with Crippen molar-refractivity contribution in [3.05, 3.63) is 95.3 Å². The Bertz CT molecular complexity index is 770. The van der Waals surface area contributed by atoms with Crippen LogP contribution in [0.15, 0.2) is 72.8 Å². The highest BCUT2D eigenvalue weighted by molar-refractivity contribution is 5.64. The predicted octanol–water partition coefficient (Wildman–Crippen LogP) is 6.23. The first kappa shape index (κ1) is 16.4. The maximum atomic E-state index is 13.8. The molecule has 0 atom stereocenters. The van der Waals surface area contributed by atoms with E-state index in [4.69, 9.17) is 0 Å². The topological polar surface area (TPSA) is 0 Å². The first-order chi connectivity index (χ1) is 11.8. The number of halogens is 1. The van der Waals surface area contributed by atoms with Gasteiger partial charge in [-0.1, -0.05) is 80.1 Å². The van der Waals surface area contributed by atoms with Crippen molar-refractivity contribution in [2.75, 3.05) is 0 Å². The van der Waals surface area contributed by atoms with E-state index in [1.807, 2.05) is 24.3 Å². The van der Waals surface area contributed by atoms with Crippen molar-refractivity contribution in [2.45, 2.75) is 32.6 Å². The van der Waals surface area contributed by atoms with Crippen LogP contribution in [0.2, 0.25) is 0 Å². The van der Waals surface area contributed by atoms with Crippen molar-refractivity contribution < 1.29 is 4.39 Å². The normalized spacial score (nSPS) is 10.8. The summed E-state index contributed by atoms with van der Waals surface area (Å²) in [5.74, 6) is -0.169. The van der Waals surface area contributed by atoms with E-state index in [2.05, 4.69) is 43.3 Å². The Hall–Kier alpha value is -2.41. The summed E-state index contributed by atoms with van der Waals surface area (Å²) in [6, 6.07) is 24.1. The molecule has 0 aliphatic carbocycles. The zero-order valence-corrected chi connectivity index (χ0v) is 14.1. The monoisotopic (exact) mass is 318 g/mol. The van der Waals surface area contributed by atoms with Gasteiger partial charge in [0, 0.05) is 5.56 Å². The molecule has 0 saturated carbocycles. The molecule has 122 valence electrons. The van der Waals surface area contributed by atoms with Gasteiger partial charge < -0.3 is 0 Å². The second-order valence-corrected chi connectivity index (χ2v) is 6.24. The molecular formula is C23H23F. The molecule has 0 amide bonds. The van der Waals surface area contributed by atoms with Crippen LogP contribution in [-0.4, -0.2) is 0 Å². The molecule has 0 unspecified atom stereocenters. The summed E-state index contributed by atoms with van der Waals surface area (Å²) in [6.45, 7) is 2.21. The van der Waals surface area contributed by atoms with Gasteiger partial charge in [-0.15, -0.1) is 0 Å². The quantitative estimate of drug-likeness (QED) is 0.505. The standard InChI is InChI=1S/C23H23F/c1-2-5-18-8-10-19(11-9-18)12-13-20-14-16-21(17-15-20)22-6-3-4-7-23(22)24/h3-4,6-11,14-17H,2,5,12-13H2,1H3. The van der Waals surface area contributed by atoms with Crippen molar-refractivity contribution in [2.24, 2.45) is 0 Å². The van der Waals surface area contributed by atoms with E-state index >= 15 is 0 Å². The zero-order chi connectivity index (χ0) is 16.8. The largest absolute Gasteiger partial charge is 0.206 e. The number of hydrogen-bond donors (Lipinski definition) is 0. The number of hydrogen-bond acceptors (Lipinski definition) is 0. The van der Waals surface area contributed by atoms with Crippen LogP contribution < -0.4 is 0 Å². The fraction of sp³-hybridized carbons (Fsp3) is 0.217. The van der Waals surface area contributed by atoms with Gasteiger partial charge in [-0.05, 0) is 47.6 Å². The number of benzene rings is 3. The third-order valence-corrected chi connectivity index (χ3v) is 4.40. The summed E-state index contributed by atoms with van der Waals surface area (Å²) in [6.07, 6.45) is 4.38. The molecule has 0 fully saturated rings. The third kappa shape index (κ3) is 4.11. The molecule has 1 heteroatoms. The fourth-order valence-electron chi connectivity index (χ4n) is 3.00. The summed E-state index contributed by atoms with van der Waals surface area (Å²) < 4.78 is 13.8. The maximum Gasteiger partial charge on any atom is 0.131 e. The Labute approximate surface area is 144 Å². The molecule has 24 heavy (non-hydrogen) atoms. The molecule has 3 aromatic carbocycles. The van der Waals surface area contributed by atoms with Crippen LogP contribution in [0.3, 0.4) is 0 Å². The zero-order valence-electron chi connectivity index (χ0n) is 14.1. The molecule has 0 bridgehead atoms. The average Bonchev–Trinajstić information content (AvgIpc) is 2.62. The lowest BCUT2D eigenvalue weighted by Crippen LogP contribution is -1.93. The van der Waals surface area contributed by atoms with Gasteiger partial charge in [0.15, 0.2) is 0 Å². The molecule has 0 radical (unpaired) electrons. The second kappa shape index (κ2) is 7.92. The Morgan fingerprint density at radius 2 is 1.12 bits per heavy atom. The van der Waals surface area contributed by atoms with E-state index in [9.17, 15) is 4.39 Å². The van der Waals surface area contributed by atoms with E-state index in [1.165, 1.54) is 29.2 Å². The molecule has 3 rings (SSSR count). The minimum atomic E-state index is -0.169. The van der Waals surface area contributed by atoms with Crippen molar-refractivity contribution in [3.8, 4) is 11.1 Å². The van der Waals surface area contributed by atoms with E-state index in [-0.39, 0.29) is 5.82 Å². The summed E-state index contributed by atoms with van der Waals surface area (Å²) in [7, 11) is 0. The van der Waals surface area contributed by atoms with E-state index in [0.717, 1.165) is 24.8 Å². The van der Waals surface area contributed by atoms with Crippen molar-refractivity contribution in [3.63, 3.8) is 0 Å². The molecule has 0 saturated heterocycles. The molecule has 0 aliphatic rings. The van der Waals surface area contributed by atoms with Gasteiger partial charge in [0.05, 0.1) is 0 Å². The highest BCUT2D eigenvalue weighted by Gasteiger charge is 2.04. The van der Waals surface area contributed by atoms with E-state index in [1.54, 1.807) is 6.07 Å². The fourth-order valence-corrected chi connectivity index (χ4v) is 3.00. The van der Waals surface area contributed by atoms with E-state index in [0.29, 0.717) is 5.56 Å². The molecule has 0 spiro atoms. The minimum absolute atomic E-state index is 0.169. The van der Waals surface area contributed by atoms with Gasteiger partial charge in [-0.3, -0.25) is 0 Å². The van der Waals surface area contributed by atoms with Gasteiger partial charge in [0.25, 0.3) is 0 Å². The predicted molar refractivity (Wildman–Crippen MR) is 99.7 cm³/mol. The Morgan fingerprint density at radius 3 is 1.67 bits per heavy atom. The molecule has 0 heterocycles. The van der Waals surface area contributed by atoms with Crippen LogP contribution >= 0.6 is 0 Å². The van der Waals surface area contributed by atoms with Gasteiger partial charge >= 0.3 is 0 Å². The summed E-state index contributed by atoms with van der Waals surface area (Å²) in [5, 5.41) is 0. The average molecular weight is 318 g/mol. The van der Waals surface area contributed by atoms with E-state index < -0.39 is 0 Å². The molecule has 3 aromatic rings. The molecular weight excluding hydrogens is 295 g/mol. The molecule has 0 nitrogen and oxygen atoms in total. The summed E-state index contributed by atoms with van der Waals surface area (Å²) in [4.78, 5) is 0. The lowest BCUT2D eigenvalue weighted by atomic mass is 9.99. The highest BCUT2D eigenvalue weighted by Crippen LogP contribution is 2.23. The molecule has 0 aliphatic heterocycles. The minimum Gasteiger partial charge on any atom is -0.206 e. The van der Waals surface area contributed by atoms with Crippen molar-refractivity contribution >= 4 is 0 Å². The maximum absolute atomic E-state index is 13.8. The van der Waals surface area contributed by atoms with Gasteiger partial charge in [0.2, 0.25) is 0 Å². The van der Waals surface area contributed by atoms with Crippen LogP contribution in [0, 0.1) is 5.82 Å². The van der Waals surface area contributed by atoms with Crippen LogP contribution in [-0.2, 0) is 19.3 Å². The Kier molecular flexibility index (Phi) is 5.43. The number of rotatable bonds is 6. The first-order valence-electron chi connectivity index (χ1n) is 8.68. The van der Waals surface area contributed by atoms with Gasteiger partial charge in [-0.2, -0.15) is 0 Å². The summed E-state index contributed by atoms with van der Waals surface area (Å²) in [5.41, 5.74) is 5.66. The smallest absolute Gasteiger partial charge is 0.131 e. The number of aryl methyl sites for hydroxylation is 3. The molecule has 0 N–H and O–H groups in total. The lowest BCUT2D eigenvalue weighted by Gasteiger charge is -2.07. The molecule has 0 aromatic heterocycles. The SMILES string of the molecule is CCCc1ccc(CCc2ccc(-c3ccccc3F)cc2)cc1. The first-order valence-corrected chi connectivity index (χ1v) is 8.68. The van der Waals surface area contributed by atoms with Gasteiger partial charge in [-0.25, -0.2) is 4.39 Å². The van der Waals surface area contributed by atoms with Crippen molar-refractivity contribution in [1.29, 1.82) is 0 Å². The Morgan fingerprint density at radius 1 is 0.625 bits per heavy atom. The van der Waals surface area contributed by atoms with Crippen LogP contribution in [0.4, 0.5) is 4.39 Å². The van der Waals surface area contributed by atoms with Gasteiger partial charge in [0.1, 0.15) is 5.82 Å². The summed E-state index contributed by atoms with van der Waals surface area (Å²) >= 11 is 0. The lowest BCUT2D eigenvalue weighted by molar-refractivity contribution is 0.631. The van der Waals surface area contributed by atoms with Crippen LogP contribution in [0.25, 0.3) is 11.1 Å². The van der Waals surface area contributed by atoms with Crippen molar-refractivity contribution in [1.82, 2.24) is 0 Å². The second-order valence-electron chi connectivity index (χ2n) is 6.24. The third-order valence-electron chi connectivity index (χ3n) is 4.40. The highest BCUT2D eigenvalue weighted by atomic mass is 19.1. The van der Waals surface area contributed by atoms with Crippen LogP contribution in [0.1, 0.15) is 30.0 Å². The Balaban J connectivity index is 1.63. The van der Waals surface area contributed by atoms with Crippen LogP contribution in [0.5, 0.6) is 0 Å².